The summed E-state index contributed by atoms with van der Waals surface area (Å²) in [6.45, 7) is -0.167. The lowest BCUT2D eigenvalue weighted by Crippen LogP contribution is -2.23. The molecule has 2 rings (SSSR count). The molecule has 2 aromatic rings. The van der Waals surface area contributed by atoms with Gasteiger partial charge in [-0.25, -0.2) is 4.98 Å². The molecule has 0 aliphatic heterocycles. The lowest BCUT2D eigenvalue weighted by Gasteiger charge is -2.17. The summed E-state index contributed by atoms with van der Waals surface area (Å²) in [5.74, 6) is 1.26. The number of para-hydroxylation sites is 2. The van der Waals surface area contributed by atoms with Crippen LogP contribution >= 0.6 is 0 Å². The smallest absolute Gasteiger partial charge is 0.318 e. The maximum absolute atomic E-state index is 12.1. The van der Waals surface area contributed by atoms with E-state index in [0.717, 1.165) is 0 Å². The largest absolute Gasteiger partial charge is 0.493 e. The van der Waals surface area contributed by atoms with Crippen LogP contribution < -0.4 is 24.4 Å². The molecule has 1 N–H and O–H groups in total. The summed E-state index contributed by atoms with van der Waals surface area (Å²) in [5, 5.41) is 2.72. The van der Waals surface area contributed by atoms with E-state index in [9.17, 15) is 4.79 Å². The fourth-order valence-electron chi connectivity index (χ4n) is 1.95. The van der Waals surface area contributed by atoms with Gasteiger partial charge in [-0.1, -0.05) is 12.1 Å². The minimum Gasteiger partial charge on any atom is -0.493 e. The van der Waals surface area contributed by atoms with Gasteiger partial charge >= 0.3 is 6.01 Å². The maximum atomic E-state index is 12.1. The van der Waals surface area contributed by atoms with Crippen LogP contribution in [0.15, 0.2) is 30.5 Å². The molecule has 0 spiro atoms. The van der Waals surface area contributed by atoms with E-state index in [1.54, 1.807) is 30.2 Å². The Bertz CT molecular complexity index is 706. The predicted octanol–water partition coefficient (Wildman–Crippen LogP) is 1.58. The van der Waals surface area contributed by atoms with Crippen molar-refractivity contribution in [1.82, 2.24) is 9.97 Å². The number of carbonyl (C=O) groups is 1. The molecule has 8 heteroatoms. The van der Waals surface area contributed by atoms with Gasteiger partial charge < -0.3 is 24.4 Å². The average Bonchev–Trinajstić information content (AvgIpc) is 2.60. The molecule has 0 aliphatic carbocycles. The van der Waals surface area contributed by atoms with Gasteiger partial charge in [0, 0.05) is 14.1 Å². The highest BCUT2D eigenvalue weighted by atomic mass is 16.5. The molecule has 0 atom stereocenters. The van der Waals surface area contributed by atoms with Gasteiger partial charge in [-0.3, -0.25) is 4.79 Å². The summed E-state index contributed by atoms with van der Waals surface area (Å²) in [7, 11) is 6.64. The Hall–Kier alpha value is -3.03. The van der Waals surface area contributed by atoms with E-state index in [4.69, 9.17) is 14.2 Å². The number of nitrogens with zero attached hydrogens (tertiary/aromatic N) is 3. The first kappa shape index (κ1) is 17.3. The number of anilines is 2. The highest BCUT2D eigenvalue weighted by molar-refractivity contribution is 5.94. The first-order valence-electron chi connectivity index (χ1n) is 7.19. The molecule has 1 heterocycles. The fourth-order valence-corrected chi connectivity index (χ4v) is 1.95. The molecule has 0 bridgehead atoms. The number of hydrogen-bond donors (Lipinski definition) is 1. The monoisotopic (exact) mass is 332 g/mol. The molecule has 1 amide bonds. The zero-order chi connectivity index (χ0) is 17.5. The minimum absolute atomic E-state index is 0.167. The first-order valence-corrected chi connectivity index (χ1v) is 7.19. The van der Waals surface area contributed by atoms with Gasteiger partial charge in [0.05, 0.1) is 20.4 Å². The Kier molecular flexibility index (Phi) is 5.78. The standard InChI is InChI=1S/C16H20N4O4/c1-20(2)15-11(9-17-16(19-15)23-4)18-14(21)10-24-13-8-6-5-7-12(13)22-3/h5-9H,10H2,1-4H3,(H,18,21). The summed E-state index contributed by atoms with van der Waals surface area (Å²) in [5.41, 5.74) is 0.467. The van der Waals surface area contributed by atoms with Crippen LogP contribution in [0.5, 0.6) is 17.5 Å². The Labute approximate surface area is 140 Å². The van der Waals surface area contributed by atoms with E-state index in [1.807, 2.05) is 20.2 Å². The molecule has 128 valence electrons. The van der Waals surface area contributed by atoms with Crippen molar-refractivity contribution >= 4 is 17.4 Å². The molecule has 24 heavy (non-hydrogen) atoms. The third-order valence-electron chi connectivity index (χ3n) is 3.05. The number of carbonyl (C=O) groups excluding carboxylic acids is 1. The van der Waals surface area contributed by atoms with Gasteiger partial charge in [0.15, 0.2) is 23.9 Å². The third-order valence-corrected chi connectivity index (χ3v) is 3.05. The van der Waals surface area contributed by atoms with Crippen molar-refractivity contribution in [2.24, 2.45) is 0 Å². The van der Waals surface area contributed by atoms with Crippen LogP contribution in [0.25, 0.3) is 0 Å². The highest BCUT2D eigenvalue weighted by Crippen LogP contribution is 2.26. The van der Waals surface area contributed by atoms with Crippen molar-refractivity contribution in [3.8, 4) is 17.5 Å². The van der Waals surface area contributed by atoms with E-state index in [-0.39, 0.29) is 18.5 Å². The summed E-state index contributed by atoms with van der Waals surface area (Å²) >= 11 is 0. The zero-order valence-corrected chi connectivity index (χ0v) is 14.1. The van der Waals surface area contributed by atoms with Gasteiger partial charge in [0.2, 0.25) is 0 Å². The summed E-state index contributed by atoms with van der Waals surface area (Å²) in [6, 6.07) is 7.34. The van der Waals surface area contributed by atoms with Gasteiger partial charge in [-0.05, 0) is 12.1 Å². The minimum atomic E-state index is -0.335. The molecular weight excluding hydrogens is 312 g/mol. The number of hydrogen-bond acceptors (Lipinski definition) is 7. The van der Waals surface area contributed by atoms with Gasteiger partial charge in [-0.15, -0.1) is 0 Å². The Morgan fingerprint density at radius 2 is 1.88 bits per heavy atom. The second kappa shape index (κ2) is 8.00. The Morgan fingerprint density at radius 1 is 1.17 bits per heavy atom. The number of amides is 1. The molecule has 1 aromatic carbocycles. The van der Waals surface area contributed by atoms with E-state index < -0.39 is 0 Å². The quantitative estimate of drug-likeness (QED) is 0.824. The zero-order valence-electron chi connectivity index (χ0n) is 14.1. The molecule has 0 saturated carbocycles. The normalized spacial score (nSPS) is 10.0. The van der Waals surface area contributed by atoms with Crippen LogP contribution in [0.1, 0.15) is 0 Å². The highest BCUT2D eigenvalue weighted by Gasteiger charge is 2.13. The number of methoxy groups -OCH3 is 2. The summed E-state index contributed by atoms with van der Waals surface area (Å²) in [4.78, 5) is 22.1. The topological polar surface area (TPSA) is 85.8 Å². The number of aromatic nitrogens is 2. The van der Waals surface area contributed by atoms with E-state index in [2.05, 4.69) is 15.3 Å². The fraction of sp³-hybridized carbons (Fsp3) is 0.312. The molecule has 0 fully saturated rings. The van der Waals surface area contributed by atoms with Gasteiger partial charge in [0.1, 0.15) is 5.69 Å². The van der Waals surface area contributed by atoms with Gasteiger partial charge in [0.25, 0.3) is 5.91 Å². The molecule has 8 nitrogen and oxygen atoms in total. The number of nitrogens with one attached hydrogen (secondary N) is 1. The Morgan fingerprint density at radius 3 is 2.50 bits per heavy atom. The second-order valence-electron chi connectivity index (χ2n) is 4.98. The van der Waals surface area contributed by atoms with Crippen molar-refractivity contribution in [2.75, 3.05) is 45.1 Å². The maximum Gasteiger partial charge on any atom is 0.318 e. The van der Waals surface area contributed by atoms with E-state index in [0.29, 0.717) is 23.0 Å². The van der Waals surface area contributed by atoms with Gasteiger partial charge in [-0.2, -0.15) is 4.98 Å². The lowest BCUT2D eigenvalue weighted by molar-refractivity contribution is -0.118. The summed E-state index contributed by atoms with van der Waals surface area (Å²) in [6.07, 6.45) is 1.49. The van der Waals surface area contributed by atoms with Crippen LogP contribution in [0.3, 0.4) is 0 Å². The van der Waals surface area contributed by atoms with Crippen LogP contribution in [0.2, 0.25) is 0 Å². The van der Waals surface area contributed by atoms with Crippen LogP contribution in [0, 0.1) is 0 Å². The average molecular weight is 332 g/mol. The molecule has 0 radical (unpaired) electrons. The Balaban J connectivity index is 2.04. The van der Waals surface area contributed by atoms with Crippen molar-refractivity contribution < 1.29 is 19.0 Å². The van der Waals surface area contributed by atoms with Crippen LogP contribution in [-0.4, -0.2) is 50.8 Å². The van der Waals surface area contributed by atoms with Crippen molar-refractivity contribution in [3.63, 3.8) is 0 Å². The van der Waals surface area contributed by atoms with E-state index >= 15 is 0 Å². The molecule has 0 aliphatic rings. The van der Waals surface area contributed by atoms with Crippen molar-refractivity contribution in [2.45, 2.75) is 0 Å². The summed E-state index contributed by atoms with van der Waals surface area (Å²) < 4.78 is 15.7. The predicted molar refractivity (Wildman–Crippen MR) is 90.0 cm³/mol. The number of benzene rings is 1. The van der Waals surface area contributed by atoms with Crippen LogP contribution in [0.4, 0.5) is 11.5 Å². The second-order valence-corrected chi connectivity index (χ2v) is 4.98. The number of rotatable bonds is 7. The third kappa shape index (κ3) is 4.25. The lowest BCUT2D eigenvalue weighted by atomic mass is 10.3. The van der Waals surface area contributed by atoms with E-state index in [1.165, 1.54) is 13.3 Å². The molecule has 0 saturated heterocycles. The number of ether oxygens (including phenoxy) is 3. The molecule has 1 aromatic heterocycles. The first-order chi connectivity index (χ1) is 11.5. The van der Waals surface area contributed by atoms with Crippen molar-refractivity contribution in [3.05, 3.63) is 30.5 Å². The molecule has 0 unspecified atom stereocenters. The molecular formula is C16H20N4O4. The van der Waals surface area contributed by atoms with Crippen molar-refractivity contribution in [1.29, 1.82) is 0 Å². The SMILES string of the molecule is COc1ncc(NC(=O)COc2ccccc2OC)c(N(C)C)n1. The van der Waals surface area contributed by atoms with Crippen LogP contribution in [-0.2, 0) is 4.79 Å².